The van der Waals surface area contributed by atoms with Crippen molar-refractivity contribution in [1.82, 2.24) is 4.98 Å². The minimum Gasteiger partial charge on any atom is -0.388 e. The Labute approximate surface area is 99.7 Å². The smallest absolute Gasteiger partial charge is 0.0804 e. The zero-order valence-corrected chi connectivity index (χ0v) is 10.1. The Balaban J connectivity index is 2.36. The highest BCUT2D eigenvalue weighted by Crippen LogP contribution is 2.26. The Hall–Kier alpha value is -1.06. The summed E-state index contributed by atoms with van der Waals surface area (Å²) in [6.45, 7) is 0. The number of pyridine rings is 1. The van der Waals surface area contributed by atoms with Crippen LogP contribution in [0.1, 0.15) is 18.1 Å². The van der Waals surface area contributed by atoms with E-state index in [4.69, 9.17) is 0 Å². The molecule has 2 nitrogen and oxygen atoms in total. The summed E-state index contributed by atoms with van der Waals surface area (Å²) in [6, 6.07) is 7.98. The van der Waals surface area contributed by atoms with Crippen molar-refractivity contribution in [3.63, 3.8) is 0 Å². The predicted octanol–water partition coefficient (Wildman–Crippen LogP) is 3.02. The molecule has 1 atom stereocenters. The fourth-order valence-electron chi connectivity index (χ4n) is 1.81. The quantitative estimate of drug-likeness (QED) is 0.881. The van der Waals surface area contributed by atoms with Gasteiger partial charge >= 0.3 is 0 Å². The van der Waals surface area contributed by atoms with Crippen LogP contribution in [0, 0.1) is 0 Å². The van der Waals surface area contributed by atoms with Crippen LogP contribution in [0.5, 0.6) is 0 Å². The first-order valence-corrected chi connectivity index (χ1v) is 6.72. The highest BCUT2D eigenvalue weighted by molar-refractivity contribution is 7.98. The summed E-state index contributed by atoms with van der Waals surface area (Å²) < 4.78 is 0. The van der Waals surface area contributed by atoms with Crippen molar-refractivity contribution >= 4 is 22.5 Å². The highest BCUT2D eigenvalue weighted by atomic mass is 32.2. The number of aromatic nitrogens is 1. The number of rotatable bonds is 4. The fourth-order valence-corrected chi connectivity index (χ4v) is 2.27. The molecule has 0 fully saturated rings. The van der Waals surface area contributed by atoms with E-state index in [9.17, 15) is 5.11 Å². The van der Waals surface area contributed by atoms with E-state index < -0.39 is 0 Å². The standard InChI is InChI=1S/C13H15NOS/c1-16-8-6-13(15)11-4-2-3-10-5-7-14-9-12(10)11/h2-5,7,9,13,15H,6,8H2,1H3. The average Bonchev–Trinajstić information content (AvgIpc) is 2.35. The van der Waals surface area contributed by atoms with Gasteiger partial charge in [-0.1, -0.05) is 18.2 Å². The van der Waals surface area contributed by atoms with Gasteiger partial charge in [-0.15, -0.1) is 0 Å². The van der Waals surface area contributed by atoms with Gasteiger partial charge in [-0.2, -0.15) is 11.8 Å². The molecule has 1 aromatic heterocycles. The number of nitrogens with zero attached hydrogens (tertiary/aromatic N) is 1. The summed E-state index contributed by atoms with van der Waals surface area (Å²) in [5, 5.41) is 12.3. The molecular weight excluding hydrogens is 218 g/mol. The van der Waals surface area contributed by atoms with E-state index in [1.807, 2.05) is 30.5 Å². The average molecular weight is 233 g/mol. The van der Waals surface area contributed by atoms with Crippen molar-refractivity contribution in [1.29, 1.82) is 0 Å². The largest absolute Gasteiger partial charge is 0.388 e. The summed E-state index contributed by atoms with van der Waals surface area (Å²) in [6.07, 6.45) is 6.06. The SMILES string of the molecule is CSCCC(O)c1cccc2ccncc12. The lowest BCUT2D eigenvalue weighted by molar-refractivity contribution is 0.176. The number of thioether (sulfide) groups is 1. The Bertz CT molecular complexity index is 467. The molecule has 0 saturated carbocycles. The Morgan fingerprint density at radius 3 is 3.06 bits per heavy atom. The molecule has 2 rings (SSSR count). The summed E-state index contributed by atoms with van der Waals surface area (Å²) in [7, 11) is 0. The minimum absolute atomic E-state index is 0.389. The zero-order chi connectivity index (χ0) is 11.4. The number of aliphatic hydroxyl groups excluding tert-OH is 1. The summed E-state index contributed by atoms with van der Waals surface area (Å²) in [4.78, 5) is 4.12. The lowest BCUT2D eigenvalue weighted by Crippen LogP contribution is -1.99. The molecule has 0 radical (unpaired) electrons. The number of aliphatic hydroxyl groups is 1. The number of hydrogen-bond donors (Lipinski definition) is 1. The summed E-state index contributed by atoms with van der Waals surface area (Å²) in [5.74, 6) is 0.970. The first-order chi connectivity index (χ1) is 7.83. The van der Waals surface area contributed by atoms with Gasteiger partial charge in [0, 0.05) is 17.8 Å². The number of benzene rings is 1. The van der Waals surface area contributed by atoms with Gasteiger partial charge < -0.3 is 5.11 Å². The van der Waals surface area contributed by atoms with Crippen LogP contribution in [0.3, 0.4) is 0 Å². The highest BCUT2D eigenvalue weighted by Gasteiger charge is 2.10. The lowest BCUT2D eigenvalue weighted by Gasteiger charge is -2.12. The van der Waals surface area contributed by atoms with E-state index in [2.05, 4.69) is 11.2 Å². The van der Waals surface area contributed by atoms with Crippen LogP contribution in [0.4, 0.5) is 0 Å². The fraction of sp³-hybridized carbons (Fsp3) is 0.308. The van der Waals surface area contributed by atoms with Crippen LogP contribution in [-0.4, -0.2) is 22.1 Å². The molecule has 2 aromatic rings. The van der Waals surface area contributed by atoms with Crippen LogP contribution in [0.2, 0.25) is 0 Å². The normalized spacial score (nSPS) is 12.9. The zero-order valence-electron chi connectivity index (χ0n) is 9.26. The van der Waals surface area contributed by atoms with Crippen LogP contribution >= 0.6 is 11.8 Å². The molecular formula is C13H15NOS. The maximum absolute atomic E-state index is 10.1. The van der Waals surface area contributed by atoms with Crippen LogP contribution in [0.25, 0.3) is 10.8 Å². The van der Waals surface area contributed by atoms with Crippen molar-refractivity contribution in [2.45, 2.75) is 12.5 Å². The molecule has 1 unspecified atom stereocenters. The lowest BCUT2D eigenvalue weighted by atomic mass is 10.0. The van der Waals surface area contributed by atoms with Crippen molar-refractivity contribution in [3.8, 4) is 0 Å². The van der Waals surface area contributed by atoms with E-state index in [1.54, 1.807) is 18.0 Å². The third-order valence-corrected chi connectivity index (χ3v) is 3.32. The second-order valence-corrected chi connectivity index (χ2v) is 4.73. The third-order valence-electron chi connectivity index (χ3n) is 2.67. The van der Waals surface area contributed by atoms with Crippen LogP contribution in [-0.2, 0) is 0 Å². The van der Waals surface area contributed by atoms with E-state index in [-0.39, 0.29) is 6.10 Å². The van der Waals surface area contributed by atoms with Crippen molar-refractivity contribution in [3.05, 3.63) is 42.2 Å². The Kier molecular flexibility index (Phi) is 3.80. The van der Waals surface area contributed by atoms with Gasteiger partial charge in [-0.05, 0) is 35.4 Å². The summed E-state index contributed by atoms with van der Waals surface area (Å²) in [5.41, 5.74) is 0.986. The molecule has 16 heavy (non-hydrogen) atoms. The van der Waals surface area contributed by atoms with Gasteiger partial charge in [0.05, 0.1) is 6.10 Å². The molecule has 1 heterocycles. The first kappa shape index (κ1) is 11.4. The molecule has 0 aliphatic heterocycles. The van der Waals surface area contributed by atoms with Crippen LogP contribution in [0.15, 0.2) is 36.7 Å². The molecule has 1 N–H and O–H groups in total. The molecule has 0 bridgehead atoms. The maximum atomic E-state index is 10.1. The molecule has 84 valence electrons. The Morgan fingerprint density at radius 1 is 1.38 bits per heavy atom. The Morgan fingerprint density at radius 2 is 2.25 bits per heavy atom. The van der Waals surface area contributed by atoms with E-state index >= 15 is 0 Å². The molecule has 0 spiro atoms. The molecule has 0 saturated heterocycles. The van der Waals surface area contributed by atoms with E-state index in [0.717, 1.165) is 28.5 Å². The van der Waals surface area contributed by atoms with Crippen LogP contribution < -0.4 is 0 Å². The third kappa shape index (κ3) is 2.36. The predicted molar refractivity (Wildman–Crippen MR) is 69.7 cm³/mol. The topological polar surface area (TPSA) is 33.1 Å². The van der Waals surface area contributed by atoms with E-state index in [0.29, 0.717) is 0 Å². The van der Waals surface area contributed by atoms with Crippen molar-refractivity contribution < 1.29 is 5.11 Å². The van der Waals surface area contributed by atoms with Gasteiger partial charge in [0.25, 0.3) is 0 Å². The van der Waals surface area contributed by atoms with Gasteiger partial charge in [-0.25, -0.2) is 0 Å². The molecule has 0 amide bonds. The summed E-state index contributed by atoms with van der Waals surface area (Å²) >= 11 is 1.75. The first-order valence-electron chi connectivity index (χ1n) is 5.32. The number of fused-ring (bicyclic) bond motifs is 1. The molecule has 0 aliphatic carbocycles. The monoisotopic (exact) mass is 233 g/mol. The van der Waals surface area contributed by atoms with Gasteiger partial charge in [0.2, 0.25) is 0 Å². The molecule has 0 aliphatic rings. The molecule has 1 aromatic carbocycles. The van der Waals surface area contributed by atoms with Gasteiger partial charge in [0.15, 0.2) is 0 Å². The second kappa shape index (κ2) is 5.32. The van der Waals surface area contributed by atoms with E-state index in [1.165, 1.54) is 0 Å². The van der Waals surface area contributed by atoms with Crippen molar-refractivity contribution in [2.75, 3.05) is 12.0 Å². The second-order valence-electron chi connectivity index (χ2n) is 3.74. The molecule has 3 heteroatoms. The van der Waals surface area contributed by atoms with Gasteiger partial charge in [0.1, 0.15) is 0 Å². The number of hydrogen-bond acceptors (Lipinski definition) is 3. The van der Waals surface area contributed by atoms with Crippen molar-refractivity contribution in [2.24, 2.45) is 0 Å². The maximum Gasteiger partial charge on any atom is 0.0804 e. The minimum atomic E-state index is -0.389. The van der Waals surface area contributed by atoms with Gasteiger partial charge in [-0.3, -0.25) is 4.98 Å².